The summed E-state index contributed by atoms with van der Waals surface area (Å²) in [6.07, 6.45) is -3.34. The van der Waals surface area contributed by atoms with Gasteiger partial charge in [-0.3, -0.25) is 4.79 Å². The van der Waals surface area contributed by atoms with Crippen LogP contribution in [-0.2, 0) is 11.0 Å². The molecule has 4 N–H and O–H groups in total. The third kappa shape index (κ3) is 5.13. The number of carbonyl (C=O) groups is 1. The second kappa shape index (κ2) is 7.56. The average Bonchev–Trinajstić information content (AvgIpc) is 2.56. The van der Waals surface area contributed by atoms with Crippen LogP contribution >= 0.6 is 0 Å². The van der Waals surface area contributed by atoms with Gasteiger partial charge in [-0.15, -0.1) is 0 Å². The molecule has 25 heavy (non-hydrogen) atoms. The molecule has 1 amide bonds. The molecule has 9 heteroatoms. The number of anilines is 1. The molecule has 2 aromatic rings. The van der Waals surface area contributed by atoms with Gasteiger partial charge in [0, 0.05) is 11.3 Å². The summed E-state index contributed by atoms with van der Waals surface area (Å²) in [5.41, 5.74) is 1.65. The van der Waals surface area contributed by atoms with Gasteiger partial charge in [-0.1, -0.05) is 12.1 Å². The topological polar surface area (TPSA) is 94.0 Å². The van der Waals surface area contributed by atoms with Crippen LogP contribution in [0.1, 0.15) is 11.1 Å². The maximum absolute atomic E-state index is 12.6. The predicted octanol–water partition coefficient (Wildman–Crippen LogP) is 2.68. The van der Waals surface area contributed by atoms with Crippen molar-refractivity contribution in [1.82, 2.24) is 5.43 Å². The van der Waals surface area contributed by atoms with Crippen LogP contribution in [0.25, 0.3) is 0 Å². The van der Waals surface area contributed by atoms with E-state index in [1.165, 1.54) is 30.3 Å². The number of nitrogens with one attached hydrogen (secondary N) is 2. The van der Waals surface area contributed by atoms with Gasteiger partial charge in [0.05, 0.1) is 18.3 Å². The number of hydrogen-bond acceptors (Lipinski definition) is 5. The minimum absolute atomic E-state index is 0.139. The molecule has 0 aliphatic rings. The molecular formula is C16H14F3N3O3. The molecule has 0 saturated heterocycles. The van der Waals surface area contributed by atoms with Gasteiger partial charge in [-0.2, -0.15) is 18.3 Å². The van der Waals surface area contributed by atoms with Crippen LogP contribution in [0.2, 0.25) is 0 Å². The summed E-state index contributed by atoms with van der Waals surface area (Å²) in [7, 11) is 0. The van der Waals surface area contributed by atoms with Crippen LogP contribution in [0.3, 0.4) is 0 Å². The highest BCUT2D eigenvalue weighted by atomic mass is 19.4. The first-order valence-electron chi connectivity index (χ1n) is 7.01. The fourth-order valence-electron chi connectivity index (χ4n) is 1.85. The first-order chi connectivity index (χ1) is 11.8. The summed E-state index contributed by atoms with van der Waals surface area (Å²) in [5, 5.41) is 25.0. The Hall–Kier alpha value is -3.23. The van der Waals surface area contributed by atoms with Gasteiger partial charge >= 0.3 is 6.18 Å². The van der Waals surface area contributed by atoms with E-state index in [1.54, 1.807) is 0 Å². The van der Waals surface area contributed by atoms with Crippen molar-refractivity contribution in [2.75, 3.05) is 11.9 Å². The molecule has 0 bridgehead atoms. The Morgan fingerprint density at radius 1 is 1.16 bits per heavy atom. The predicted molar refractivity (Wildman–Crippen MR) is 85.4 cm³/mol. The lowest BCUT2D eigenvalue weighted by Crippen LogP contribution is -2.26. The molecule has 0 heterocycles. The number of phenolic OH excluding ortho intramolecular Hbond substituents is 2. The van der Waals surface area contributed by atoms with Crippen molar-refractivity contribution in [2.24, 2.45) is 5.10 Å². The Balaban J connectivity index is 1.89. The lowest BCUT2D eigenvalue weighted by molar-refractivity contribution is -0.137. The van der Waals surface area contributed by atoms with E-state index in [0.29, 0.717) is 0 Å². The summed E-state index contributed by atoms with van der Waals surface area (Å²) < 4.78 is 37.8. The van der Waals surface area contributed by atoms with E-state index in [1.807, 2.05) is 0 Å². The van der Waals surface area contributed by atoms with Gasteiger partial charge in [-0.05, 0) is 30.3 Å². The average molecular weight is 353 g/mol. The fourth-order valence-corrected chi connectivity index (χ4v) is 1.85. The van der Waals surface area contributed by atoms with Crippen molar-refractivity contribution in [2.45, 2.75) is 6.18 Å². The monoisotopic (exact) mass is 353 g/mol. The first-order valence-corrected chi connectivity index (χ1v) is 7.01. The molecule has 0 fully saturated rings. The quantitative estimate of drug-likeness (QED) is 0.378. The summed E-state index contributed by atoms with van der Waals surface area (Å²) in [4.78, 5) is 11.6. The van der Waals surface area contributed by atoms with E-state index in [9.17, 15) is 28.2 Å². The number of benzene rings is 2. The zero-order valence-electron chi connectivity index (χ0n) is 12.7. The van der Waals surface area contributed by atoms with Crippen LogP contribution in [0, 0.1) is 0 Å². The number of carbonyl (C=O) groups excluding carboxylic acids is 1. The number of aromatic hydroxyl groups is 2. The number of hydrogen-bond donors (Lipinski definition) is 4. The Labute approximate surface area is 140 Å². The van der Waals surface area contributed by atoms with E-state index >= 15 is 0 Å². The van der Waals surface area contributed by atoms with E-state index < -0.39 is 17.6 Å². The van der Waals surface area contributed by atoms with Crippen LogP contribution in [0.5, 0.6) is 11.5 Å². The Morgan fingerprint density at radius 2 is 1.88 bits per heavy atom. The third-order valence-electron chi connectivity index (χ3n) is 3.08. The maximum Gasteiger partial charge on any atom is 0.416 e. The molecule has 2 aromatic carbocycles. The van der Waals surface area contributed by atoms with Crippen LogP contribution in [0.4, 0.5) is 18.9 Å². The summed E-state index contributed by atoms with van der Waals surface area (Å²) in [6, 6.07) is 8.67. The number of halogens is 3. The largest absolute Gasteiger partial charge is 0.504 e. The molecule has 6 nitrogen and oxygen atoms in total. The normalized spacial score (nSPS) is 11.5. The van der Waals surface area contributed by atoms with Gasteiger partial charge in [0.2, 0.25) is 0 Å². The van der Waals surface area contributed by atoms with Crippen LogP contribution in [-0.4, -0.2) is 28.9 Å². The van der Waals surface area contributed by atoms with Crippen molar-refractivity contribution in [3.05, 3.63) is 53.6 Å². The van der Waals surface area contributed by atoms with E-state index in [0.717, 1.165) is 18.3 Å². The highest BCUT2D eigenvalue weighted by Gasteiger charge is 2.30. The number of amides is 1. The van der Waals surface area contributed by atoms with E-state index in [2.05, 4.69) is 15.8 Å². The number of nitrogens with zero attached hydrogens (tertiary/aromatic N) is 1. The second-order valence-electron chi connectivity index (χ2n) is 4.94. The molecule has 0 aliphatic carbocycles. The lowest BCUT2D eigenvalue weighted by Gasteiger charge is -2.10. The zero-order valence-corrected chi connectivity index (χ0v) is 12.7. The summed E-state index contributed by atoms with van der Waals surface area (Å²) >= 11 is 0. The zero-order chi connectivity index (χ0) is 18.4. The Morgan fingerprint density at radius 3 is 2.60 bits per heavy atom. The van der Waals surface area contributed by atoms with Gasteiger partial charge in [0.25, 0.3) is 5.91 Å². The molecular weight excluding hydrogens is 339 g/mol. The van der Waals surface area contributed by atoms with Gasteiger partial charge in [-0.25, -0.2) is 5.43 Å². The molecule has 132 valence electrons. The second-order valence-corrected chi connectivity index (χ2v) is 4.94. The Bertz CT molecular complexity index is 792. The van der Waals surface area contributed by atoms with E-state index in [-0.39, 0.29) is 29.3 Å². The molecule has 0 saturated carbocycles. The maximum atomic E-state index is 12.6. The molecule has 0 aliphatic heterocycles. The number of rotatable bonds is 5. The van der Waals surface area contributed by atoms with Crippen molar-refractivity contribution in [3.63, 3.8) is 0 Å². The standard InChI is InChI=1S/C16H14F3N3O3/c17-16(18,19)11-4-2-5-12(7-11)20-9-14(24)22-21-8-10-3-1-6-13(23)15(10)25/h1-8,20,23,25H,9H2,(H,22,24)/b21-8+. The first kappa shape index (κ1) is 18.1. The summed E-state index contributed by atoms with van der Waals surface area (Å²) in [6.45, 7) is -0.301. The minimum atomic E-state index is -4.46. The molecule has 0 radical (unpaired) electrons. The van der Waals surface area contributed by atoms with Crippen molar-refractivity contribution < 1.29 is 28.2 Å². The number of phenols is 2. The Kier molecular flexibility index (Phi) is 5.48. The summed E-state index contributed by atoms with van der Waals surface area (Å²) in [5.74, 6) is -1.32. The highest BCUT2D eigenvalue weighted by molar-refractivity contribution is 5.87. The lowest BCUT2D eigenvalue weighted by atomic mass is 10.2. The highest BCUT2D eigenvalue weighted by Crippen LogP contribution is 2.30. The molecule has 2 rings (SSSR count). The van der Waals surface area contributed by atoms with Gasteiger partial charge in [0.15, 0.2) is 11.5 Å². The SMILES string of the molecule is O=C(CNc1cccc(C(F)(F)F)c1)N/N=C/c1cccc(O)c1O. The van der Waals surface area contributed by atoms with Gasteiger partial charge < -0.3 is 15.5 Å². The third-order valence-corrected chi connectivity index (χ3v) is 3.08. The number of para-hydroxylation sites is 1. The van der Waals surface area contributed by atoms with Crippen LogP contribution in [0.15, 0.2) is 47.6 Å². The van der Waals surface area contributed by atoms with Gasteiger partial charge in [0.1, 0.15) is 0 Å². The molecule has 0 spiro atoms. The van der Waals surface area contributed by atoms with E-state index in [4.69, 9.17) is 0 Å². The minimum Gasteiger partial charge on any atom is -0.504 e. The molecule has 0 aromatic heterocycles. The van der Waals surface area contributed by atoms with Crippen molar-refractivity contribution in [3.8, 4) is 11.5 Å². The van der Waals surface area contributed by atoms with Crippen molar-refractivity contribution >= 4 is 17.8 Å². The fraction of sp³-hybridized carbons (Fsp3) is 0.125. The van der Waals surface area contributed by atoms with Crippen molar-refractivity contribution in [1.29, 1.82) is 0 Å². The smallest absolute Gasteiger partial charge is 0.416 e. The molecule has 0 unspecified atom stereocenters. The number of hydrazone groups is 1. The number of alkyl halides is 3. The van der Waals surface area contributed by atoms with Crippen LogP contribution < -0.4 is 10.7 Å². The molecule has 0 atom stereocenters.